The first-order valence-electron chi connectivity index (χ1n) is 4.38. The van der Waals surface area contributed by atoms with Crippen LogP contribution in [0.3, 0.4) is 0 Å². The Balaban J connectivity index is 2.79. The van der Waals surface area contributed by atoms with Gasteiger partial charge in [0.2, 0.25) is 5.91 Å². The number of carboxylic acid groups (broad SMARTS) is 1. The smallest absolute Gasteiger partial charge is 0.312 e. The molecule has 0 radical (unpaired) electrons. The highest BCUT2D eigenvalue weighted by atomic mass is 79.9. The average Bonchev–Trinajstić information content (AvgIpc) is 2.20. The van der Waals surface area contributed by atoms with Gasteiger partial charge in [-0.2, -0.15) is 0 Å². The summed E-state index contributed by atoms with van der Waals surface area (Å²) in [5.41, 5.74) is 0.477. The predicted octanol–water partition coefficient (Wildman–Crippen LogP) is 1.87. The van der Waals surface area contributed by atoms with Crippen LogP contribution in [0.25, 0.3) is 0 Å². The van der Waals surface area contributed by atoms with E-state index < -0.39 is 18.3 Å². The van der Waals surface area contributed by atoms with Crippen LogP contribution in [-0.2, 0) is 9.59 Å². The van der Waals surface area contributed by atoms with Crippen LogP contribution in [0.1, 0.15) is 6.42 Å². The predicted molar refractivity (Wildman–Crippen MR) is 61.6 cm³/mol. The minimum Gasteiger partial charge on any atom is -0.497 e. The lowest BCUT2D eigenvalue weighted by molar-refractivity contribution is -0.139. The summed E-state index contributed by atoms with van der Waals surface area (Å²) in [6.45, 7) is 0. The number of hydrogen-bond acceptors (Lipinski definition) is 3. The summed E-state index contributed by atoms with van der Waals surface area (Å²) in [7, 11) is 1.51. The van der Waals surface area contributed by atoms with Crippen LogP contribution >= 0.6 is 15.9 Å². The van der Waals surface area contributed by atoms with Gasteiger partial charge in [-0.15, -0.1) is 0 Å². The molecule has 1 aromatic carbocycles. The van der Waals surface area contributed by atoms with E-state index in [1.807, 2.05) is 0 Å². The first kappa shape index (κ1) is 12.5. The third kappa shape index (κ3) is 3.54. The number of anilines is 1. The molecular formula is C10H10BrNO4. The van der Waals surface area contributed by atoms with E-state index in [0.29, 0.717) is 15.9 Å². The summed E-state index contributed by atoms with van der Waals surface area (Å²) < 4.78 is 5.64. The van der Waals surface area contributed by atoms with E-state index in [1.165, 1.54) is 7.11 Å². The lowest BCUT2D eigenvalue weighted by Gasteiger charge is -2.08. The number of ether oxygens (including phenoxy) is 1. The monoisotopic (exact) mass is 287 g/mol. The number of nitrogens with one attached hydrogen (secondary N) is 1. The number of amides is 1. The van der Waals surface area contributed by atoms with Crippen LogP contribution in [0.4, 0.5) is 5.69 Å². The van der Waals surface area contributed by atoms with Gasteiger partial charge in [0.15, 0.2) is 0 Å². The van der Waals surface area contributed by atoms with Crippen molar-refractivity contribution in [3.05, 3.63) is 22.7 Å². The Morgan fingerprint density at radius 2 is 2.19 bits per heavy atom. The molecule has 16 heavy (non-hydrogen) atoms. The first-order chi connectivity index (χ1) is 7.52. The number of benzene rings is 1. The molecule has 0 saturated heterocycles. The summed E-state index contributed by atoms with van der Waals surface area (Å²) in [5, 5.41) is 10.9. The summed E-state index contributed by atoms with van der Waals surface area (Å²) in [6, 6.07) is 5.02. The van der Waals surface area contributed by atoms with Crippen LogP contribution in [0.2, 0.25) is 0 Å². The second-order valence-electron chi connectivity index (χ2n) is 2.96. The number of methoxy groups -OCH3 is 1. The minimum absolute atomic E-state index is 0.477. The molecule has 0 aliphatic heterocycles. The van der Waals surface area contributed by atoms with Crippen molar-refractivity contribution in [2.45, 2.75) is 6.42 Å². The maximum Gasteiger partial charge on any atom is 0.312 e. The standard InChI is InChI=1S/C10H10BrNO4/c1-16-6-2-3-7(11)8(4-6)12-9(13)5-10(14)15/h2-4H,5H2,1H3,(H,12,13)(H,14,15). The van der Waals surface area contributed by atoms with Crippen molar-refractivity contribution < 1.29 is 19.4 Å². The number of carbonyl (C=O) groups is 2. The van der Waals surface area contributed by atoms with Crippen molar-refractivity contribution in [3.63, 3.8) is 0 Å². The Bertz CT molecular complexity index is 419. The molecule has 0 saturated carbocycles. The van der Waals surface area contributed by atoms with Gasteiger partial charge in [0.1, 0.15) is 12.2 Å². The van der Waals surface area contributed by atoms with Crippen LogP contribution in [-0.4, -0.2) is 24.1 Å². The molecule has 1 rings (SSSR count). The Hall–Kier alpha value is -1.56. The Kier molecular flexibility index (Phi) is 4.30. The maximum absolute atomic E-state index is 11.2. The van der Waals surface area contributed by atoms with Gasteiger partial charge in [0, 0.05) is 10.5 Å². The zero-order valence-electron chi connectivity index (χ0n) is 8.49. The molecule has 86 valence electrons. The molecule has 0 bridgehead atoms. The van der Waals surface area contributed by atoms with Crippen molar-refractivity contribution in [1.82, 2.24) is 0 Å². The molecule has 0 atom stereocenters. The van der Waals surface area contributed by atoms with Gasteiger partial charge >= 0.3 is 5.97 Å². The molecule has 0 heterocycles. The van der Waals surface area contributed by atoms with Crippen LogP contribution < -0.4 is 10.1 Å². The molecule has 1 aromatic rings. The molecule has 6 heteroatoms. The maximum atomic E-state index is 11.2. The fraction of sp³-hybridized carbons (Fsp3) is 0.200. The van der Waals surface area contributed by atoms with Gasteiger partial charge in [0.25, 0.3) is 0 Å². The van der Waals surface area contributed by atoms with Gasteiger partial charge in [-0.05, 0) is 28.1 Å². The average molecular weight is 288 g/mol. The molecule has 0 aliphatic carbocycles. The minimum atomic E-state index is -1.17. The number of carboxylic acids is 1. The summed E-state index contributed by atoms with van der Waals surface area (Å²) >= 11 is 3.24. The molecule has 0 aliphatic rings. The van der Waals surface area contributed by atoms with Crippen molar-refractivity contribution >= 4 is 33.5 Å². The molecule has 2 N–H and O–H groups in total. The Morgan fingerprint density at radius 1 is 1.50 bits per heavy atom. The Labute approximate surface area is 101 Å². The second kappa shape index (κ2) is 5.50. The molecule has 0 unspecified atom stereocenters. The fourth-order valence-electron chi connectivity index (χ4n) is 1.06. The molecule has 1 amide bonds. The molecular weight excluding hydrogens is 278 g/mol. The molecule has 0 aromatic heterocycles. The van der Waals surface area contributed by atoms with Crippen molar-refractivity contribution in [2.24, 2.45) is 0 Å². The van der Waals surface area contributed by atoms with E-state index in [9.17, 15) is 9.59 Å². The van der Waals surface area contributed by atoms with Gasteiger partial charge in [-0.1, -0.05) is 0 Å². The SMILES string of the molecule is COc1ccc(Br)c(NC(=O)CC(=O)O)c1. The van der Waals surface area contributed by atoms with Crippen molar-refractivity contribution in [1.29, 1.82) is 0 Å². The quantitative estimate of drug-likeness (QED) is 0.829. The summed E-state index contributed by atoms with van der Waals surface area (Å²) in [4.78, 5) is 21.5. The Morgan fingerprint density at radius 3 is 2.75 bits per heavy atom. The largest absolute Gasteiger partial charge is 0.497 e. The third-order valence-electron chi connectivity index (χ3n) is 1.76. The zero-order valence-corrected chi connectivity index (χ0v) is 10.1. The molecule has 0 spiro atoms. The van der Waals surface area contributed by atoms with Gasteiger partial charge in [-0.3, -0.25) is 9.59 Å². The van der Waals surface area contributed by atoms with E-state index in [4.69, 9.17) is 9.84 Å². The van der Waals surface area contributed by atoms with Gasteiger partial charge in [0.05, 0.1) is 12.8 Å². The lowest BCUT2D eigenvalue weighted by atomic mass is 10.3. The lowest BCUT2D eigenvalue weighted by Crippen LogP contribution is -2.16. The van der Waals surface area contributed by atoms with E-state index in [0.717, 1.165) is 0 Å². The van der Waals surface area contributed by atoms with E-state index in [-0.39, 0.29) is 0 Å². The number of rotatable bonds is 4. The molecule has 5 nitrogen and oxygen atoms in total. The van der Waals surface area contributed by atoms with Crippen LogP contribution in [0.5, 0.6) is 5.75 Å². The van der Waals surface area contributed by atoms with Gasteiger partial charge in [-0.25, -0.2) is 0 Å². The third-order valence-corrected chi connectivity index (χ3v) is 2.45. The zero-order chi connectivity index (χ0) is 12.1. The number of carbonyl (C=O) groups excluding carboxylic acids is 1. The highest BCUT2D eigenvalue weighted by Crippen LogP contribution is 2.27. The topological polar surface area (TPSA) is 75.6 Å². The summed E-state index contributed by atoms with van der Waals surface area (Å²) in [6.07, 6.45) is -0.566. The van der Waals surface area contributed by atoms with Crippen molar-refractivity contribution in [2.75, 3.05) is 12.4 Å². The van der Waals surface area contributed by atoms with Crippen LogP contribution in [0, 0.1) is 0 Å². The van der Waals surface area contributed by atoms with Crippen LogP contribution in [0.15, 0.2) is 22.7 Å². The summed E-state index contributed by atoms with van der Waals surface area (Å²) in [5.74, 6) is -1.17. The van der Waals surface area contributed by atoms with E-state index in [1.54, 1.807) is 18.2 Å². The van der Waals surface area contributed by atoms with E-state index in [2.05, 4.69) is 21.2 Å². The number of aliphatic carboxylic acids is 1. The molecule has 0 fully saturated rings. The number of hydrogen-bond donors (Lipinski definition) is 2. The highest BCUT2D eigenvalue weighted by molar-refractivity contribution is 9.10. The first-order valence-corrected chi connectivity index (χ1v) is 5.17. The van der Waals surface area contributed by atoms with Crippen molar-refractivity contribution in [3.8, 4) is 5.75 Å². The highest BCUT2D eigenvalue weighted by Gasteiger charge is 2.10. The van der Waals surface area contributed by atoms with Gasteiger partial charge < -0.3 is 15.2 Å². The second-order valence-corrected chi connectivity index (χ2v) is 3.82. The fourth-order valence-corrected chi connectivity index (χ4v) is 1.40. The normalized spacial score (nSPS) is 9.62. The number of halogens is 1. The van der Waals surface area contributed by atoms with E-state index >= 15 is 0 Å².